The van der Waals surface area contributed by atoms with Crippen molar-refractivity contribution < 1.29 is 9.18 Å². The zero-order valence-corrected chi connectivity index (χ0v) is 17.3. The summed E-state index contributed by atoms with van der Waals surface area (Å²) in [5.74, 6) is 0.847. The maximum atomic E-state index is 13.2. The van der Waals surface area contributed by atoms with Gasteiger partial charge in [-0.25, -0.2) is 4.39 Å². The number of aryl methyl sites for hydroxylation is 1. The van der Waals surface area contributed by atoms with E-state index in [-0.39, 0.29) is 35.7 Å². The highest BCUT2D eigenvalue weighted by molar-refractivity contribution is 14.0. The molecular formula is C18H28FIN4O. The van der Waals surface area contributed by atoms with E-state index < -0.39 is 0 Å². The monoisotopic (exact) mass is 462 g/mol. The number of guanidine groups is 1. The Morgan fingerprint density at radius 3 is 2.52 bits per heavy atom. The molecule has 1 aliphatic rings. The normalized spacial score (nSPS) is 14.9. The molecular weight excluding hydrogens is 434 g/mol. The van der Waals surface area contributed by atoms with Crippen molar-refractivity contribution in [3.8, 4) is 0 Å². The predicted molar refractivity (Wildman–Crippen MR) is 110 cm³/mol. The Balaban J connectivity index is 0.00000312. The number of piperazine rings is 1. The molecule has 0 bridgehead atoms. The smallest absolute Gasteiger partial charge is 0.219 e. The van der Waals surface area contributed by atoms with Crippen molar-refractivity contribution in [3.05, 3.63) is 35.6 Å². The molecule has 0 saturated carbocycles. The van der Waals surface area contributed by atoms with Gasteiger partial charge in [0.15, 0.2) is 5.96 Å². The molecule has 1 heterocycles. The van der Waals surface area contributed by atoms with Crippen molar-refractivity contribution in [2.24, 2.45) is 4.99 Å². The second-order valence-corrected chi connectivity index (χ2v) is 5.96. The standard InChI is InChI=1S/C18H27FN4O.HI/c1-3-20-18(23-12-10-22(11-13-23)15(2)24)21-9-5-7-16-6-4-8-17(19)14-16;/h4,6,8,14H,3,5,7,9-13H2,1-2H3,(H,20,21);1H. The van der Waals surface area contributed by atoms with Gasteiger partial charge in [0.1, 0.15) is 5.82 Å². The lowest BCUT2D eigenvalue weighted by molar-refractivity contribution is -0.130. The van der Waals surface area contributed by atoms with Crippen LogP contribution >= 0.6 is 24.0 Å². The number of hydrogen-bond acceptors (Lipinski definition) is 2. The fourth-order valence-electron chi connectivity index (χ4n) is 2.82. The average molecular weight is 462 g/mol. The van der Waals surface area contributed by atoms with Crippen LogP contribution in [0.15, 0.2) is 29.3 Å². The number of benzene rings is 1. The van der Waals surface area contributed by atoms with Gasteiger partial charge in [-0.1, -0.05) is 12.1 Å². The van der Waals surface area contributed by atoms with E-state index in [9.17, 15) is 9.18 Å². The van der Waals surface area contributed by atoms with E-state index in [1.54, 1.807) is 19.1 Å². The molecule has 1 aromatic carbocycles. The van der Waals surface area contributed by atoms with Crippen LogP contribution in [-0.2, 0) is 11.2 Å². The Kier molecular flexibility index (Phi) is 9.77. The Morgan fingerprint density at radius 1 is 1.24 bits per heavy atom. The number of rotatable bonds is 5. The molecule has 1 aliphatic heterocycles. The van der Waals surface area contributed by atoms with Crippen molar-refractivity contribution in [3.63, 3.8) is 0 Å². The number of nitrogens with one attached hydrogen (secondary N) is 1. The Labute approximate surface area is 166 Å². The molecule has 0 aromatic heterocycles. The third kappa shape index (κ3) is 7.17. The first-order valence-electron chi connectivity index (χ1n) is 8.63. The first kappa shape index (κ1) is 21.7. The molecule has 1 saturated heterocycles. The summed E-state index contributed by atoms with van der Waals surface area (Å²) >= 11 is 0. The highest BCUT2D eigenvalue weighted by Crippen LogP contribution is 2.07. The first-order chi connectivity index (χ1) is 11.6. The van der Waals surface area contributed by atoms with Crippen molar-refractivity contribution in [2.45, 2.75) is 26.7 Å². The summed E-state index contributed by atoms with van der Waals surface area (Å²) in [6.45, 7) is 8.26. The van der Waals surface area contributed by atoms with Crippen molar-refractivity contribution in [1.82, 2.24) is 15.1 Å². The van der Waals surface area contributed by atoms with Gasteiger partial charge < -0.3 is 15.1 Å². The fourth-order valence-corrected chi connectivity index (χ4v) is 2.82. The zero-order valence-electron chi connectivity index (χ0n) is 15.0. The van der Waals surface area contributed by atoms with E-state index in [1.165, 1.54) is 6.07 Å². The first-order valence-corrected chi connectivity index (χ1v) is 8.63. The maximum absolute atomic E-state index is 13.2. The number of carbonyl (C=O) groups is 1. The van der Waals surface area contributed by atoms with Crippen LogP contribution < -0.4 is 5.32 Å². The summed E-state index contributed by atoms with van der Waals surface area (Å²) in [5, 5.41) is 3.32. The molecule has 5 nitrogen and oxygen atoms in total. The number of hydrogen-bond donors (Lipinski definition) is 1. The SMILES string of the molecule is CCNC(=NCCCc1cccc(F)c1)N1CCN(C(C)=O)CC1.I. The van der Waals surface area contributed by atoms with Gasteiger partial charge in [-0.05, 0) is 37.5 Å². The lowest BCUT2D eigenvalue weighted by Crippen LogP contribution is -2.53. The molecule has 2 rings (SSSR count). The summed E-state index contributed by atoms with van der Waals surface area (Å²) in [7, 11) is 0. The van der Waals surface area contributed by atoms with Crippen LogP contribution in [0.1, 0.15) is 25.8 Å². The molecule has 1 N–H and O–H groups in total. The van der Waals surface area contributed by atoms with E-state index in [1.807, 2.05) is 17.9 Å². The van der Waals surface area contributed by atoms with Crippen LogP contribution in [0.25, 0.3) is 0 Å². The van der Waals surface area contributed by atoms with Crippen LogP contribution in [0.2, 0.25) is 0 Å². The molecule has 0 unspecified atom stereocenters. The molecule has 0 atom stereocenters. The third-order valence-electron chi connectivity index (χ3n) is 4.13. The number of carbonyl (C=O) groups excluding carboxylic acids is 1. The predicted octanol–water partition coefficient (Wildman–Crippen LogP) is 2.51. The minimum Gasteiger partial charge on any atom is -0.357 e. The number of aliphatic imine (C=N–C) groups is 1. The second-order valence-electron chi connectivity index (χ2n) is 5.96. The van der Waals surface area contributed by atoms with Gasteiger partial charge in [0.25, 0.3) is 0 Å². The summed E-state index contributed by atoms with van der Waals surface area (Å²) < 4.78 is 13.2. The summed E-state index contributed by atoms with van der Waals surface area (Å²) in [4.78, 5) is 20.1. The van der Waals surface area contributed by atoms with Gasteiger partial charge >= 0.3 is 0 Å². The van der Waals surface area contributed by atoms with E-state index in [2.05, 4.69) is 15.2 Å². The molecule has 1 aromatic rings. The van der Waals surface area contributed by atoms with Crippen molar-refractivity contribution >= 4 is 35.8 Å². The highest BCUT2D eigenvalue weighted by atomic mass is 127. The lowest BCUT2D eigenvalue weighted by atomic mass is 10.1. The average Bonchev–Trinajstić information content (AvgIpc) is 2.58. The summed E-state index contributed by atoms with van der Waals surface area (Å²) in [6.07, 6.45) is 1.70. The third-order valence-corrected chi connectivity index (χ3v) is 4.13. The minimum absolute atomic E-state index is 0. The minimum atomic E-state index is -0.187. The lowest BCUT2D eigenvalue weighted by Gasteiger charge is -2.36. The van der Waals surface area contributed by atoms with Crippen LogP contribution in [-0.4, -0.2) is 60.9 Å². The van der Waals surface area contributed by atoms with Crippen molar-refractivity contribution in [2.75, 3.05) is 39.3 Å². The van der Waals surface area contributed by atoms with Gasteiger partial charge in [-0.3, -0.25) is 9.79 Å². The van der Waals surface area contributed by atoms with Gasteiger partial charge in [-0.15, -0.1) is 24.0 Å². The van der Waals surface area contributed by atoms with Crippen LogP contribution in [0.5, 0.6) is 0 Å². The van der Waals surface area contributed by atoms with E-state index in [0.29, 0.717) is 6.54 Å². The number of nitrogens with zero attached hydrogens (tertiary/aromatic N) is 3. The quantitative estimate of drug-likeness (QED) is 0.317. The van der Waals surface area contributed by atoms with Gasteiger partial charge in [0.05, 0.1) is 0 Å². The van der Waals surface area contributed by atoms with Crippen LogP contribution in [0, 0.1) is 5.82 Å². The summed E-state index contributed by atoms with van der Waals surface area (Å²) in [5.41, 5.74) is 1.00. The molecule has 1 amide bonds. The van der Waals surface area contributed by atoms with Gasteiger partial charge in [0.2, 0.25) is 5.91 Å². The molecule has 0 spiro atoms. The topological polar surface area (TPSA) is 47.9 Å². The van der Waals surface area contributed by atoms with E-state index >= 15 is 0 Å². The van der Waals surface area contributed by atoms with Crippen LogP contribution in [0.3, 0.4) is 0 Å². The second kappa shape index (κ2) is 11.3. The molecule has 140 valence electrons. The molecule has 0 aliphatic carbocycles. The Morgan fingerprint density at radius 2 is 1.92 bits per heavy atom. The zero-order chi connectivity index (χ0) is 17.4. The maximum Gasteiger partial charge on any atom is 0.219 e. The molecule has 25 heavy (non-hydrogen) atoms. The highest BCUT2D eigenvalue weighted by Gasteiger charge is 2.20. The molecule has 0 radical (unpaired) electrons. The van der Waals surface area contributed by atoms with Gasteiger partial charge in [0, 0.05) is 46.2 Å². The van der Waals surface area contributed by atoms with Crippen LogP contribution in [0.4, 0.5) is 4.39 Å². The molecule has 7 heteroatoms. The summed E-state index contributed by atoms with van der Waals surface area (Å²) in [6, 6.07) is 6.73. The number of amides is 1. The van der Waals surface area contributed by atoms with E-state index in [4.69, 9.17) is 0 Å². The van der Waals surface area contributed by atoms with E-state index in [0.717, 1.165) is 57.1 Å². The molecule has 1 fully saturated rings. The van der Waals surface area contributed by atoms with Crippen molar-refractivity contribution in [1.29, 1.82) is 0 Å². The number of halogens is 2. The Bertz CT molecular complexity index is 574. The largest absolute Gasteiger partial charge is 0.357 e. The fraction of sp³-hybridized carbons (Fsp3) is 0.556. The van der Waals surface area contributed by atoms with Gasteiger partial charge in [-0.2, -0.15) is 0 Å². The Hall–Kier alpha value is -1.38.